The van der Waals surface area contributed by atoms with Crippen LogP contribution >= 0.6 is 23.6 Å². The average molecular weight is 457 g/mol. The highest BCUT2D eigenvalue weighted by Crippen LogP contribution is 2.35. The molecule has 0 bridgehead atoms. The van der Waals surface area contributed by atoms with Gasteiger partial charge in [-0.3, -0.25) is 0 Å². The summed E-state index contributed by atoms with van der Waals surface area (Å²) in [6, 6.07) is 16.7. The summed E-state index contributed by atoms with van der Waals surface area (Å²) in [5.74, 6) is 0.132. The van der Waals surface area contributed by atoms with Crippen LogP contribution in [0.15, 0.2) is 54.6 Å². The number of esters is 2. The van der Waals surface area contributed by atoms with Gasteiger partial charge in [0, 0.05) is 0 Å². The molecule has 0 atom stereocenters. The molecule has 1 heterocycles. The van der Waals surface area contributed by atoms with Crippen molar-refractivity contribution in [3.8, 4) is 11.5 Å². The Morgan fingerprint density at radius 3 is 2.23 bits per heavy atom. The van der Waals surface area contributed by atoms with E-state index in [1.807, 2.05) is 54.6 Å². The Morgan fingerprint density at radius 1 is 0.903 bits per heavy atom. The maximum atomic E-state index is 12.3. The largest absolute Gasteiger partial charge is 0.465 e. The van der Waals surface area contributed by atoms with Crippen LogP contribution in [0.1, 0.15) is 25.6 Å². The Labute approximate surface area is 188 Å². The molecule has 0 aliphatic carbocycles. The second kappa shape index (κ2) is 10.1. The van der Waals surface area contributed by atoms with E-state index in [4.69, 9.17) is 26.4 Å². The molecule has 1 aromatic heterocycles. The van der Waals surface area contributed by atoms with Crippen molar-refractivity contribution in [2.24, 2.45) is 0 Å². The number of hydrogen-bond donors (Lipinski definition) is 2. The molecule has 2 N–H and O–H groups in total. The highest BCUT2D eigenvalue weighted by Gasteiger charge is 2.26. The first-order valence-corrected chi connectivity index (χ1v) is 10.4. The van der Waals surface area contributed by atoms with Crippen LogP contribution in [-0.2, 0) is 9.47 Å². The number of benzene rings is 2. The van der Waals surface area contributed by atoms with Crippen molar-refractivity contribution in [2.75, 3.05) is 24.9 Å². The van der Waals surface area contributed by atoms with Gasteiger partial charge in [0.05, 0.1) is 25.5 Å². The van der Waals surface area contributed by atoms with Gasteiger partial charge in [-0.2, -0.15) is 0 Å². The minimum absolute atomic E-state index is 0.215. The molecule has 0 saturated carbocycles. The Hall–Kier alpha value is -3.43. The van der Waals surface area contributed by atoms with Crippen LogP contribution in [0.3, 0.4) is 0 Å². The lowest BCUT2D eigenvalue weighted by atomic mass is 10.1. The summed E-state index contributed by atoms with van der Waals surface area (Å²) >= 11 is 6.49. The Morgan fingerprint density at radius 2 is 1.55 bits per heavy atom. The minimum atomic E-state index is -0.581. The molecule has 0 spiro atoms. The number of methoxy groups -OCH3 is 2. The number of anilines is 2. The topological polar surface area (TPSA) is 85.9 Å². The second-order valence-electron chi connectivity index (χ2n) is 6.23. The van der Waals surface area contributed by atoms with Gasteiger partial charge in [-0.1, -0.05) is 30.3 Å². The number of nitrogens with one attached hydrogen (secondary N) is 2. The molecular weight excluding hydrogens is 436 g/mol. The minimum Gasteiger partial charge on any atom is -0.465 e. The predicted molar refractivity (Wildman–Crippen MR) is 125 cm³/mol. The first kappa shape index (κ1) is 22.3. The van der Waals surface area contributed by atoms with Crippen LogP contribution in [-0.4, -0.2) is 31.3 Å². The standard InChI is InChI=1S/C22H20N2O5S2/c1-13-17(20(25)27-2)19(31-18(13)21(26)28-3)24-22(30)23-15-11-7-8-12-16(15)29-14-9-5-4-6-10-14/h4-12H,1-3H3,(H2,23,24,30). The Kier molecular flexibility index (Phi) is 7.22. The van der Waals surface area contributed by atoms with Crippen molar-refractivity contribution < 1.29 is 23.8 Å². The Bertz CT molecular complexity index is 1110. The predicted octanol–water partition coefficient (Wildman–Crippen LogP) is 5.23. The summed E-state index contributed by atoms with van der Waals surface area (Å²) in [7, 11) is 2.55. The van der Waals surface area contributed by atoms with E-state index in [1.54, 1.807) is 6.92 Å². The molecule has 0 fully saturated rings. The molecular formula is C22H20N2O5S2. The highest BCUT2D eigenvalue weighted by molar-refractivity contribution is 7.80. The van der Waals surface area contributed by atoms with E-state index in [2.05, 4.69) is 10.6 Å². The number of para-hydroxylation sites is 3. The molecule has 2 aromatic carbocycles. The molecule has 0 aliphatic rings. The molecule has 31 heavy (non-hydrogen) atoms. The number of ether oxygens (including phenoxy) is 3. The van der Waals surface area contributed by atoms with Crippen molar-refractivity contribution in [1.29, 1.82) is 0 Å². The summed E-state index contributed by atoms with van der Waals surface area (Å²) in [4.78, 5) is 24.6. The normalized spacial score (nSPS) is 10.2. The van der Waals surface area contributed by atoms with Crippen LogP contribution in [0.25, 0.3) is 0 Å². The fraction of sp³-hybridized carbons (Fsp3) is 0.136. The fourth-order valence-electron chi connectivity index (χ4n) is 2.77. The van der Waals surface area contributed by atoms with Crippen LogP contribution in [0, 0.1) is 6.92 Å². The van der Waals surface area contributed by atoms with Gasteiger partial charge >= 0.3 is 11.9 Å². The van der Waals surface area contributed by atoms with E-state index >= 15 is 0 Å². The van der Waals surface area contributed by atoms with Gasteiger partial charge < -0.3 is 24.8 Å². The monoisotopic (exact) mass is 456 g/mol. The molecule has 0 aliphatic heterocycles. The van der Waals surface area contributed by atoms with Crippen molar-refractivity contribution in [3.05, 3.63) is 70.6 Å². The van der Waals surface area contributed by atoms with Crippen LogP contribution in [0.5, 0.6) is 11.5 Å². The maximum absolute atomic E-state index is 12.3. The van der Waals surface area contributed by atoms with Crippen molar-refractivity contribution in [1.82, 2.24) is 0 Å². The van der Waals surface area contributed by atoms with E-state index in [0.29, 0.717) is 32.6 Å². The third-order valence-electron chi connectivity index (χ3n) is 4.24. The van der Waals surface area contributed by atoms with Crippen molar-refractivity contribution in [2.45, 2.75) is 6.92 Å². The van der Waals surface area contributed by atoms with Gasteiger partial charge in [0.1, 0.15) is 15.6 Å². The number of carbonyl (C=O) groups excluding carboxylic acids is 2. The van der Waals surface area contributed by atoms with Gasteiger partial charge in [0.25, 0.3) is 0 Å². The van der Waals surface area contributed by atoms with Gasteiger partial charge in [-0.25, -0.2) is 9.59 Å². The zero-order chi connectivity index (χ0) is 22.4. The first-order valence-electron chi connectivity index (χ1n) is 9.14. The van der Waals surface area contributed by atoms with Crippen molar-refractivity contribution >= 4 is 51.3 Å². The van der Waals surface area contributed by atoms with Crippen LogP contribution in [0.4, 0.5) is 10.7 Å². The number of hydrogen-bond acceptors (Lipinski definition) is 7. The van der Waals surface area contributed by atoms with E-state index in [-0.39, 0.29) is 10.7 Å². The molecule has 3 aromatic rings. The van der Waals surface area contributed by atoms with E-state index in [0.717, 1.165) is 11.3 Å². The molecule has 0 unspecified atom stereocenters. The lowest BCUT2D eigenvalue weighted by Crippen LogP contribution is -2.20. The smallest absolute Gasteiger partial charge is 0.348 e. The zero-order valence-electron chi connectivity index (χ0n) is 17.1. The molecule has 0 saturated heterocycles. The summed E-state index contributed by atoms with van der Waals surface area (Å²) in [6.07, 6.45) is 0. The summed E-state index contributed by atoms with van der Waals surface area (Å²) < 4.78 is 15.6. The first-order chi connectivity index (χ1) is 14.9. The number of carbonyl (C=O) groups is 2. The molecule has 3 rings (SSSR count). The SMILES string of the molecule is COC(=O)c1sc(NC(=S)Nc2ccccc2Oc2ccccc2)c(C(=O)OC)c1C. The van der Waals surface area contributed by atoms with Gasteiger partial charge in [0.15, 0.2) is 10.9 Å². The van der Waals surface area contributed by atoms with Crippen LogP contribution in [0.2, 0.25) is 0 Å². The molecule has 0 radical (unpaired) electrons. The van der Waals surface area contributed by atoms with E-state index < -0.39 is 11.9 Å². The average Bonchev–Trinajstić information content (AvgIpc) is 3.10. The molecule has 9 heteroatoms. The molecule has 0 amide bonds. The summed E-state index contributed by atoms with van der Waals surface area (Å²) in [5.41, 5.74) is 1.32. The lowest BCUT2D eigenvalue weighted by molar-refractivity contribution is 0.0601. The highest BCUT2D eigenvalue weighted by atomic mass is 32.1. The Balaban J connectivity index is 1.83. The summed E-state index contributed by atoms with van der Waals surface area (Å²) in [5, 5.41) is 6.64. The number of thiophene rings is 1. The molecule has 160 valence electrons. The summed E-state index contributed by atoms with van der Waals surface area (Å²) in [6.45, 7) is 1.65. The number of thiocarbonyl (C=S) groups is 1. The third kappa shape index (κ3) is 5.19. The van der Waals surface area contributed by atoms with Crippen LogP contribution < -0.4 is 15.4 Å². The maximum Gasteiger partial charge on any atom is 0.348 e. The van der Waals surface area contributed by atoms with E-state index in [9.17, 15) is 9.59 Å². The fourth-order valence-corrected chi connectivity index (χ4v) is 4.16. The zero-order valence-corrected chi connectivity index (χ0v) is 18.7. The quantitative estimate of drug-likeness (QED) is 0.385. The second-order valence-corrected chi connectivity index (χ2v) is 7.66. The van der Waals surface area contributed by atoms with Gasteiger partial charge in [-0.15, -0.1) is 11.3 Å². The van der Waals surface area contributed by atoms with Gasteiger partial charge in [0.2, 0.25) is 0 Å². The van der Waals surface area contributed by atoms with Crippen molar-refractivity contribution in [3.63, 3.8) is 0 Å². The van der Waals surface area contributed by atoms with Gasteiger partial charge in [-0.05, 0) is 49.0 Å². The number of rotatable bonds is 6. The third-order valence-corrected chi connectivity index (χ3v) is 5.63. The molecule has 7 nitrogen and oxygen atoms in total. The lowest BCUT2D eigenvalue weighted by Gasteiger charge is -2.14. The van der Waals surface area contributed by atoms with E-state index in [1.165, 1.54) is 14.2 Å².